The van der Waals surface area contributed by atoms with E-state index in [2.05, 4.69) is 42.5 Å². The van der Waals surface area contributed by atoms with Crippen LogP contribution in [0.4, 0.5) is 0 Å². The number of aromatic nitrogens is 2. The van der Waals surface area contributed by atoms with Crippen molar-refractivity contribution < 1.29 is 9.53 Å². The second-order valence-electron chi connectivity index (χ2n) is 8.44. The molecule has 1 saturated heterocycles. The molecular formula is C24H29BrN4O3. The molecule has 0 aromatic carbocycles. The molecule has 4 rings (SSSR count). The average molecular weight is 501 g/mol. The SMILES string of the molecule is Cc1cc(C)c(CNC(=O)c2cc3c(Br)ccn3c(C(C)N3CCOCC3)c2C)c(=O)[nH]1. The van der Waals surface area contributed by atoms with Crippen molar-refractivity contribution in [2.24, 2.45) is 0 Å². The van der Waals surface area contributed by atoms with Gasteiger partial charge in [0.1, 0.15) is 0 Å². The molecule has 0 saturated carbocycles. The smallest absolute Gasteiger partial charge is 0.253 e. The number of fused-ring (bicyclic) bond motifs is 1. The van der Waals surface area contributed by atoms with Crippen molar-refractivity contribution in [2.45, 2.75) is 40.3 Å². The van der Waals surface area contributed by atoms with Crippen LogP contribution < -0.4 is 10.9 Å². The standard InChI is InChI=1S/C24H29BrN4O3/c1-14-11-15(2)27-24(31)19(14)13-26-23(30)18-12-21-20(25)5-6-29(21)22(16(18)3)17(4)28-7-9-32-10-8-28/h5-6,11-12,17H,7-10,13H2,1-4H3,(H,26,30)(H,27,31). The van der Waals surface area contributed by atoms with Crippen LogP contribution in [-0.4, -0.2) is 46.5 Å². The Morgan fingerprint density at radius 2 is 1.97 bits per heavy atom. The Morgan fingerprint density at radius 1 is 1.25 bits per heavy atom. The van der Waals surface area contributed by atoms with Crippen LogP contribution in [-0.2, 0) is 11.3 Å². The molecule has 32 heavy (non-hydrogen) atoms. The third-order valence-electron chi connectivity index (χ3n) is 6.36. The van der Waals surface area contributed by atoms with Crippen molar-refractivity contribution in [3.05, 3.63) is 72.9 Å². The molecule has 0 spiro atoms. The number of halogens is 1. The van der Waals surface area contributed by atoms with E-state index < -0.39 is 0 Å². The fourth-order valence-corrected chi connectivity index (χ4v) is 5.01. The number of carbonyl (C=O) groups excluding carboxylic acids is 1. The van der Waals surface area contributed by atoms with E-state index in [9.17, 15) is 9.59 Å². The van der Waals surface area contributed by atoms with Gasteiger partial charge in [0.05, 0.1) is 18.7 Å². The maximum absolute atomic E-state index is 13.3. The van der Waals surface area contributed by atoms with Gasteiger partial charge in [-0.25, -0.2) is 0 Å². The molecule has 1 aliphatic rings. The Bertz CT molecular complexity index is 1220. The topological polar surface area (TPSA) is 78.8 Å². The minimum Gasteiger partial charge on any atom is -0.379 e. The number of hydrogen-bond acceptors (Lipinski definition) is 4. The molecule has 0 aliphatic carbocycles. The zero-order valence-electron chi connectivity index (χ0n) is 18.9. The Hall–Kier alpha value is -2.42. The van der Waals surface area contributed by atoms with Gasteiger partial charge in [-0.15, -0.1) is 0 Å². The number of pyridine rings is 2. The fourth-order valence-electron chi connectivity index (χ4n) is 4.59. The zero-order valence-corrected chi connectivity index (χ0v) is 20.5. The van der Waals surface area contributed by atoms with Crippen LogP contribution >= 0.6 is 15.9 Å². The van der Waals surface area contributed by atoms with E-state index in [1.165, 1.54) is 0 Å². The van der Waals surface area contributed by atoms with Gasteiger partial charge in [-0.2, -0.15) is 0 Å². The molecule has 0 bridgehead atoms. The van der Waals surface area contributed by atoms with Crippen molar-refractivity contribution >= 4 is 27.4 Å². The summed E-state index contributed by atoms with van der Waals surface area (Å²) in [6.07, 6.45) is 2.04. The maximum atomic E-state index is 13.3. The van der Waals surface area contributed by atoms with Crippen molar-refractivity contribution in [3.8, 4) is 0 Å². The summed E-state index contributed by atoms with van der Waals surface area (Å²) in [5.41, 5.74) is 5.68. The maximum Gasteiger partial charge on any atom is 0.253 e. The van der Waals surface area contributed by atoms with Crippen LogP contribution in [0.3, 0.4) is 0 Å². The lowest BCUT2D eigenvalue weighted by Crippen LogP contribution is -2.39. The third kappa shape index (κ3) is 4.27. The first-order chi connectivity index (χ1) is 15.3. The lowest BCUT2D eigenvalue weighted by Gasteiger charge is -2.34. The summed E-state index contributed by atoms with van der Waals surface area (Å²) in [5, 5.41) is 2.96. The second-order valence-corrected chi connectivity index (χ2v) is 9.29. The Morgan fingerprint density at radius 3 is 2.66 bits per heavy atom. The Labute approximate surface area is 195 Å². The molecule has 170 valence electrons. The van der Waals surface area contributed by atoms with Gasteiger partial charge in [-0.05, 0) is 73.0 Å². The van der Waals surface area contributed by atoms with Gasteiger partial charge < -0.3 is 19.4 Å². The normalized spacial score (nSPS) is 15.8. The van der Waals surface area contributed by atoms with Crippen LogP contribution in [0, 0.1) is 20.8 Å². The largest absolute Gasteiger partial charge is 0.379 e. The lowest BCUT2D eigenvalue weighted by atomic mass is 10.0. The van der Waals surface area contributed by atoms with Crippen LogP contribution in [0.1, 0.15) is 51.4 Å². The van der Waals surface area contributed by atoms with Gasteiger partial charge in [-0.1, -0.05) is 0 Å². The number of rotatable bonds is 5. The van der Waals surface area contributed by atoms with E-state index >= 15 is 0 Å². The molecule has 0 radical (unpaired) electrons. The zero-order chi connectivity index (χ0) is 23.0. The number of ether oxygens (including phenoxy) is 1. The Balaban J connectivity index is 1.69. The molecule has 1 unspecified atom stereocenters. The van der Waals surface area contributed by atoms with Crippen molar-refractivity contribution in [1.82, 2.24) is 19.6 Å². The first kappa shape index (κ1) is 22.8. The van der Waals surface area contributed by atoms with Crippen LogP contribution in [0.2, 0.25) is 0 Å². The highest BCUT2D eigenvalue weighted by atomic mass is 79.9. The summed E-state index contributed by atoms with van der Waals surface area (Å²) in [7, 11) is 0. The lowest BCUT2D eigenvalue weighted by molar-refractivity contribution is 0.0187. The predicted molar refractivity (Wildman–Crippen MR) is 128 cm³/mol. The number of amides is 1. The molecule has 4 heterocycles. The molecule has 1 amide bonds. The highest BCUT2D eigenvalue weighted by Gasteiger charge is 2.25. The molecule has 8 heteroatoms. The number of aromatic amines is 1. The number of hydrogen-bond donors (Lipinski definition) is 2. The molecular weight excluding hydrogens is 472 g/mol. The monoisotopic (exact) mass is 500 g/mol. The summed E-state index contributed by atoms with van der Waals surface area (Å²) < 4.78 is 8.62. The first-order valence-electron chi connectivity index (χ1n) is 10.9. The fraction of sp³-hybridized carbons (Fsp3) is 0.417. The average Bonchev–Trinajstić information content (AvgIpc) is 3.12. The summed E-state index contributed by atoms with van der Waals surface area (Å²) in [4.78, 5) is 30.8. The number of carbonyl (C=O) groups is 1. The molecule has 1 aliphatic heterocycles. The summed E-state index contributed by atoms with van der Waals surface area (Å²) >= 11 is 3.62. The van der Waals surface area contributed by atoms with Gasteiger partial charge >= 0.3 is 0 Å². The highest BCUT2D eigenvalue weighted by Crippen LogP contribution is 2.31. The third-order valence-corrected chi connectivity index (χ3v) is 7.03. The van der Waals surface area contributed by atoms with Gasteiger partial charge in [0, 0.05) is 58.9 Å². The summed E-state index contributed by atoms with van der Waals surface area (Å²) in [6, 6.07) is 5.95. The van der Waals surface area contributed by atoms with Crippen LogP contribution in [0.25, 0.3) is 5.52 Å². The molecule has 7 nitrogen and oxygen atoms in total. The van der Waals surface area contributed by atoms with Crippen molar-refractivity contribution in [2.75, 3.05) is 26.3 Å². The van der Waals surface area contributed by atoms with Gasteiger partial charge in [-0.3, -0.25) is 14.5 Å². The first-order valence-corrected chi connectivity index (χ1v) is 11.7. The summed E-state index contributed by atoms with van der Waals surface area (Å²) in [5.74, 6) is -0.187. The molecule has 2 N–H and O–H groups in total. The number of morpholine rings is 1. The van der Waals surface area contributed by atoms with E-state index in [1.54, 1.807) is 0 Å². The van der Waals surface area contributed by atoms with Crippen molar-refractivity contribution in [1.29, 1.82) is 0 Å². The van der Waals surface area contributed by atoms with Gasteiger partial charge in [0.15, 0.2) is 0 Å². The number of nitrogens with one attached hydrogen (secondary N) is 2. The molecule has 3 aromatic rings. The number of aryl methyl sites for hydroxylation is 2. The van der Waals surface area contributed by atoms with E-state index in [0.29, 0.717) is 24.3 Å². The van der Waals surface area contributed by atoms with Crippen molar-refractivity contribution in [3.63, 3.8) is 0 Å². The van der Waals surface area contributed by atoms with E-state index in [0.717, 1.165) is 45.6 Å². The quantitative estimate of drug-likeness (QED) is 0.560. The number of nitrogens with zero attached hydrogens (tertiary/aromatic N) is 2. The van der Waals surface area contributed by atoms with Crippen LogP contribution in [0.15, 0.2) is 33.7 Å². The van der Waals surface area contributed by atoms with Crippen LogP contribution in [0.5, 0.6) is 0 Å². The minimum atomic E-state index is -0.187. The molecule has 1 fully saturated rings. The summed E-state index contributed by atoms with van der Waals surface area (Å²) in [6.45, 7) is 11.2. The number of H-pyrrole nitrogens is 1. The second kappa shape index (κ2) is 9.21. The van der Waals surface area contributed by atoms with E-state index in [4.69, 9.17) is 4.74 Å². The molecule has 1 atom stereocenters. The van der Waals surface area contributed by atoms with E-state index in [1.807, 2.05) is 45.2 Å². The highest BCUT2D eigenvalue weighted by molar-refractivity contribution is 9.10. The van der Waals surface area contributed by atoms with E-state index in [-0.39, 0.29) is 24.1 Å². The Kier molecular flexibility index (Phi) is 6.55. The predicted octanol–water partition coefficient (Wildman–Crippen LogP) is 3.64. The molecule has 3 aromatic heterocycles. The minimum absolute atomic E-state index is 0.121. The van der Waals surface area contributed by atoms with Gasteiger partial charge in [0.2, 0.25) is 0 Å². The van der Waals surface area contributed by atoms with Gasteiger partial charge in [0.25, 0.3) is 11.5 Å².